The Bertz CT molecular complexity index is 615. The van der Waals surface area contributed by atoms with Crippen LogP contribution in [0.4, 0.5) is 0 Å². The SMILES string of the molecule is C[C@@H](NCc1ccc2c(c1)OCO2)c1ccccc1Br. The minimum absolute atomic E-state index is 0.274. The number of rotatable bonds is 4. The number of hydrogen-bond acceptors (Lipinski definition) is 3. The first-order valence-corrected chi connectivity index (χ1v) is 7.39. The summed E-state index contributed by atoms with van der Waals surface area (Å²) in [5, 5.41) is 3.52. The zero-order chi connectivity index (χ0) is 13.9. The van der Waals surface area contributed by atoms with Crippen molar-refractivity contribution in [3.8, 4) is 11.5 Å². The summed E-state index contributed by atoms with van der Waals surface area (Å²) in [7, 11) is 0. The van der Waals surface area contributed by atoms with Crippen molar-refractivity contribution in [2.75, 3.05) is 6.79 Å². The van der Waals surface area contributed by atoms with Gasteiger partial charge in [0.2, 0.25) is 6.79 Å². The van der Waals surface area contributed by atoms with Gasteiger partial charge in [-0.25, -0.2) is 0 Å². The highest BCUT2D eigenvalue weighted by Gasteiger charge is 2.14. The minimum Gasteiger partial charge on any atom is -0.454 e. The van der Waals surface area contributed by atoms with Gasteiger partial charge in [0, 0.05) is 17.1 Å². The van der Waals surface area contributed by atoms with Gasteiger partial charge in [-0.1, -0.05) is 40.2 Å². The Labute approximate surface area is 127 Å². The molecule has 0 amide bonds. The maximum absolute atomic E-state index is 5.39. The van der Waals surface area contributed by atoms with Crippen molar-refractivity contribution in [2.24, 2.45) is 0 Å². The molecule has 0 fully saturated rings. The Balaban J connectivity index is 1.66. The predicted octanol–water partition coefficient (Wildman–Crippen LogP) is 4.03. The first kappa shape index (κ1) is 13.5. The molecule has 0 aromatic heterocycles. The van der Waals surface area contributed by atoms with Crippen molar-refractivity contribution in [3.63, 3.8) is 0 Å². The van der Waals surface area contributed by atoms with Gasteiger partial charge in [-0.3, -0.25) is 0 Å². The number of benzene rings is 2. The molecule has 1 aliphatic heterocycles. The topological polar surface area (TPSA) is 30.5 Å². The lowest BCUT2D eigenvalue weighted by atomic mass is 10.1. The smallest absolute Gasteiger partial charge is 0.231 e. The van der Waals surface area contributed by atoms with Crippen LogP contribution in [0.3, 0.4) is 0 Å². The van der Waals surface area contributed by atoms with Gasteiger partial charge in [0.15, 0.2) is 11.5 Å². The molecule has 3 rings (SSSR count). The van der Waals surface area contributed by atoms with Gasteiger partial charge in [-0.05, 0) is 36.2 Å². The van der Waals surface area contributed by atoms with Crippen LogP contribution >= 0.6 is 15.9 Å². The van der Waals surface area contributed by atoms with Gasteiger partial charge in [0.25, 0.3) is 0 Å². The molecule has 104 valence electrons. The molecule has 4 heteroatoms. The van der Waals surface area contributed by atoms with Gasteiger partial charge >= 0.3 is 0 Å². The third-order valence-corrected chi connectivity index (χ3v) is 4.14. The van der Waals surface area contributed by atoms with E-state index in [-0.39, 0.29) is 6.04 Å². The quantitative estimate of drug-likeness (QED) is 0.916. The maximum Gasteiger partial charge on any atom is 0.231 e. The zero-order valence-corrected chi connectivity index (χ0v) is 12.8. The number of nitrogens with one attached hydrogen (secondary N) is 1. The van der Waals surface area contributed by atoms with Crippen LogP contribution in [0.2, 0.25) is 0 Å². The molecule has 1 heterocycles. The lowest BCUT2D eigenvalue weighted by Crippen LogP contribution is -2.18. The Morgan fingerprint density at radius 2 is 1.95 bits per heavy atom. The lowest BCUT2D eigenvalue weighted by molar-refractivity contribution is 0.174. The molecule has 0 saturated carbocycles. The van der Waals surface area contributed by atoms with E-state index in [1.807, 2.05) is 18.2 Å². The molecule has 3 nitrogen and oxygen atoms in total. The van der Waals surface area contributed by atoms with E-state index < -0.39 is 0 Å². The minimum atomic E-state index is 0.274. The number of halogens is 1. The summed E-state index contributed by atoms with van der Waals surface area (Å²) in [5.74, 6) is 1.66. The fraction of sp³-hybridized carbons (Fsp3) is 0.250. The van der Waals surface area contributed by atoms with E-state index in [1.54, 1.807) is 0 Å². The summed E-state index contributed by atoms with van der Waals surface area (Å²) in [5.41, 5.74) is 2.45. The molecule has 0 unspecified atom stereocenters. The molecule has 0 bridgehead atoms. The Kier molecular flexibility index (Phi) is 3.94. The highest BCUT2D eigenvalue weighted by atomic mass is 79.9. The highest BCUT2D eigenvalue weighted by Crippen LogP contribution is 2.32. The molecule has 0 spiro atoms. The number of hydrogen-bond donors (Lipinski definition) is 1. The summed E-state index contributed by atoms with van der Waals surface area (Å²) < 4.78 is 11.8. The van der Waals surface area contributed by atoms with E-state index in [0.717, 1.165) is 22.5 Å². The van der Waals surface area contributed by atoms with Crippen molar-refractivity contribution >= 4 is 15.9 Å². The normalized spacial score (nSPS) is 14.3. The molecular weight excluding hydrogens is 318 g/mol. The van der Waals surface area contributed by atoms with Crippen LogP contribution in [0.1, 0.15) is 24.1 Å². The van der Waals surface area contributed by atoms with Gasteiger partial charge in [-0.2, -0.15) is 0 Å². The Morgan fingerprint density at radius 3 is 2.80 bits per heavy atom. The second-order valence-corrected chi connectivity index (χ2v) is 5.67. The molecule has 0 aliphatic carbocycles. The zero-order valence-electron chi connectivity index (χ0n) is 11.2. The van der Waals surface area contributed by atoms with Crippen LogP contribution in [-0.4, -0.2) is 6.79 Å². The van der Waals surface area contributed by atoms with Crippen LogP contribution in [0.5, 0.6) is 11.5 Å². The second-order valence-electron chi connectivity index (χ2n) is 4.81. The van der Waals surface area contributed by atoms with Crippen molar-refractivity contribution in [1.82, 2.24) is 5.32 Å². The van der Waals surface area contributed by atoms with Crippen LogP contribution in [0, 0.1) is 0 Å². The van der Waals surface area contributed by atoms with Crippen molar-refractivity contribution < 1.29 is 9.47 Å². The van der Waals surface area contributed by atoms with E-state index in [2.05, 4.69) is 52.4 Å². The van der Waals surface area contributed by atoms with Gasteiger partial charge < -0.3 is 14.8 Å². The van der Waals surface area contributed by atoms with Gasteiger partial charge in [-0.15, -0.1) is 0 Å². The molecule has 0 radical (unpaired) electrons. The predicted molar refractivity (Wildman–Crippen MR) is 82.0 cm³/mol. The van der Waals surface area contributed by atoms with E-state index in [0.29, 0.717) is 6.79 Å². The highest BCUT2D eigenvalue weighted by molar-refractivity contribution is 9.10. The first-order valence-electron chi connectivity index (χ1n) is 6.60. The van der Waals surface area contributed by atoms with E-state index in [4.69, 9.17) is 9.47 Å². The van der Waals surface area contributed by atoms with E-state index in [9.17, 15) is 0 Å². The second kappa shape index (κ2) is 5.85. The molecular formula is C16H16BrNO2. The van der Waals surface area contributed by atoms with Crippen molar-refractivity contribution in [3.05, 3.63) is 58.1 Å². The standard InChI is InChI=1S/C16H16BrNO2/c1-11(13-4-2-3-5-14(13)17)18-9-12-6-7-15-16(8-12)20-10-19-15/h2-8,11,18H,9-10H2,1H3/t11-/m1/s1. The first-order chi connectivity index (χ1) is 9.74. The van der Waals surface area contributed by atoms with Crippen LogP contribution in [-0.2, 0) is 6.54 Å². The largest absolute Gasteiger partial charge is 0.454 e. The van der Waals surface area contributed by atoms with E-state index in [1.165, 1.54) is 11.1 Å². The van der Waals surface area contributed by atoms with Crippen LogP contribution < -0.4 is 14.8 Å². The Morgan fingerprint density at radius 1 is 1.15 bits per heavy atom. The number of ether oxygens (including phenoxy) is 2. The number of fused-ring (bicyclic) bond motifs is 1. The third-order valence-electron chi connectivity index (χ3n) is 3.42. The van der Waals surface area contributed by atoms with Crippen LogP contribution in [0.25, 0.3) is 0 Å². The fourth-order valence-corrected chi connectivity index (χ4v) is 2.89. The van der Waals surface area contributed by atoms with Gasteiger partial charge in [0.05, 0.1) is 0 Å². The third kappa shape index (κ3) is 2.81. The summed E-state index contributed by atoms with van der Waals surface area (Å²) >= 11 is 3.59. The van der Waals surface area contributed by atoms with Crippen LogP contribution in [0.15, 0.2) is 46.9 Å². The lowest BCUT2D eigenvalue weighted by Gasteiger charge is -2.16. The average Bonchev–Trinajstić information content (AvgIpc) is 2.92. The fourth-order valence-electron chi connectivity index (χ4n) is 2.26. The van der Waals surface area contributed by atoms with Crippen molar-refractivity contribution in [1.29, 1.82) is 0 Å². The molecule has 20 heavy (non-hydrogen) atoms. The molecule has 1 aliphatic rings. The summed E-state index contributed by atoms with van der Waals surface area (Å²) in [6.07, 6.45) is 0. The molecule has 2 aromatic carbocycles. The van der Waals surface area contributed by atoms with E-state index >= 15 is 0 Å². The monoisotopic (exact) mass is 333 g/mol. The Hall–Kier alpha value is -1.52. The maximum atomic E-state index is 5.39. The van der Waals surface area contributed by atoms with Gasteiger partial charge in [0.1, 0.15) is 0 Å². The summed E-state index contributed by atoms with van der Waals surface area (Å²) in [4.78, 5) is 0. The molecule has 0 saturated heterocycles. The van der Waals surface area contributed by atoms with Crippen molar-refractivity contribution in [2.45, 2.75) is 19.5 Å². The molecule has 1 atom stereocenters. The summed E-state index contributed by atoms with van der Waals surface area (Å²) in [6.45, 7) is 3.27. The summed E-state index contributed by atoms with van der Waals surface area (Å²) in [6, 6.07) is 14.6. The molecule has 2 aromatic rings. The average molecular weight is 334 g/mol. The molecule has 1 N–H and O–H groups in total.